The maximum atomic E-state index is 11.4. The Bertz CT molecular complexity index is 844. The number of hydrogen-bond donors (Lipinski definition) is 0. The molecule has 0 spiro atoms. The highest BCUT2D eigenvalue weighted by Gasteiger charge is 2.23. The number of hydrogen-bond acceptors (Lipinski definition) is 3. The predicted molar refractivity (Wildman–Crippen MR) is 103 cm³/mol. The fourth-order valence-electron chi connectivity index (χ4n) is 3.91. The summed E-state index contributed by atoms with van der Waals surface area (Å²) in [5.74, 6) is -0.219. The van der Waals surface area contributed by atoms with Crippen LogP contribution in [0.2, 0.25) is 0 Å². The van der Waals surface area contributed by atoms with Crippen molar-refractivity contribution >= 4 is 18.0 Å². The minimum atomic E-state index is -0.219. The SMILES string of the molecule is CC(=O)OC1CCCc2ccc(/N=C/N3CCc4ccccc4C3)cc21. The van der Waals surface area contributed by atoms with E-state index in [4.69, 9.17) is 4.74 Å². The quantitative estimate of drug-likeness (QED) is 0.471. The topological polar surface area (TPSA) is 41.9 Å². The molecule has 26 heavy (non-hydrogen) atoms. The molecule has 1 aliphatic heterocycles. The Balaban J connectivity index is 1.50. The van der Waals surface area contributed by atoms with Gasteiger partial charge in [0.1, 0.15) is 6.10 Å². The van der Waals surface area contributed by atoms with E-state index in [1.54, 1.807) is 0 Å². The van der Waals surface area contributed by atoms with Crippen LogP contribution in [0, 0.1) is 0 Å². The molecule has 4 rings (SSSR count). The van der Waals surface area contributed by atoms with Gasteiger partial charge in [-0.2, -0.15) is 0 Å². The number of fused-ring (bicyclic) bond motifs is 2. The van der Waals surface area contributed by atoms with E-state index in [2.05, 4.69) is 52.4 Å². The zero-order chi connectivity index (χ0) is 17.9. The van der Waals surface area contributed by atoms with E-state index in [9.17, 15) is 4.79 Å². The summed E-state index contributed by atoms with van der Waals surface area (Å²) in [4.78, 5) is 18.3. The summed E-state index contributed by atoms with van der Waals surface area (Å²) in [5.41, 5.74) is 6.13. The van der Waals surface area contributed by atoms with Crippen LogP contribution in [0.25, 0.3) is 0 Å². The van der Waals surface area contributed by atoms with Crippen molar-refractivity contribution in [3.05, 3.63) is 64.7 Å². The fraction of sp³-hybridized carbons (Fsp3) is 0.364. The monoisotopic (exact) mass is 348 g/mol. The number of nitrogens with zero attached hydrogens (tertiary/aromatic N) is 2. The summed E-state index contributed by atoms with van der Waals surface area (Å²) >= 11 is 0. The minimum absolute atomic E-state index is 0.131. The second-order valence-electron chi connectivity index (χ2n) is 7.11. The van der Waals surface area contributed by atoms with Crippen molar-refractivity contribution in [1.29, 1.82) is 0 Å². The second kappa shape index (κ2) is 7.32. The first-order valence-electron chi connectivity index (χ1n) is 9.34. The van der Waals surface area contributed by atoms with Gasteiger partial charge in [-0.1, -0.05) is 30.3 Å². The first kappa shape index (κ1) is 16.8. The highest BCUT2D eigenvalue weighted by molar-refractivity contribution is 5.67. The lowest BCUT2D eigenvalue weighted by atomic mass is 9.89. The van der Waals surface area contributed by atoms with Gasteiger partial charge in [-0.25, -0.2) is 4.99 Å². The minimum Gasteiger partial charge on any atom is -0.458 e. The van der Waals surface area contributed by atoms with Gasteiger partial charge in [0, 0.05) is 20.0 Å². The smallest absolute Gasteiger partial charge is 0.303 e. The number of aliphatic imine (C=N–C) groups is 1. The van der Waals surface area contributed by atoms with Crippen molar-refractivity contribution in [3.63, 3.8) is 0 Å². The number of benzene rings is 2. The molecule has 1 atom stereocenters. The molecule has 4 heteroatoms. The Kier molecular flexibility index (Phi) is 4.74. The van der Waals surface area contributed by atoms with Crippen molar-refractivity contribution in [3.8, 4) is 0 Å². The molecule has 0 aromatic heterocycles. The fourth-order valence-corrected chi connectivity index (χ4v) is 3.91. The van der Waals surface area contributed by atoms with Gasteiger partial charge in [0.2, 0.25) is 0 Å². The van der Waals surface area contributed by atoms with Gasteiger partial charge < -0.3 is 9.64 Å². The van der Waals surface area contributed by atoms with E-state index in [0.717, 1.165) is 50.0 Å². The van der Waals surface area contributed by atoms with Gasteiger partial charge in [-0.15, -0.1) is 0 Å². The van der Waals surface area contributed by atoms with E-state index in [1.165, 1.54) is 23.6 Å². The number of carbonyl (C=O) groups is 1. The Morgan fingerprint density at radius 2 is 2.00 bits per heavy atom. The molecule has 0 saturated carbocycles. The van der Waals surface area contributed by atoms with Crippen LogP contribution < -0.4 is 0 Å². The third kappa shape index (κ3) is 3.64. The molecule has 134 valence electrons. The Morgan fingerprint density at radius 1 is 1.15 bits per heavy atom. The van der Waals surface area contributed by atoms with Gasteiger partial charge in [0.25, 0.3) is 0 Å². The number of aryl methyl sites for hydroxylation is 1. The summed E-state index contributed by atoms with van der Waals surface area (Å²) < 4.78 is 5.50. The van der Waals surface area contributed by atoms with Gasteiger partial charge in [-0.3, -0.25) is 4.79 Å². The summed E-state index contributed by atoms with van der Waals surface area (Å²) in [5, 5.41) is 0. The largest absolute Gasteiger partial charge is 0.458 e. The Labute approximate surface area is 154 Å². The summed E-state index contributed by atoms with van der Waals surface area (Å²) in [6.45, 7) is 3.37. The van der Waals surface area contributed by atoms with Crippen LogP contribution in [0.15, 0.2) is 47.5 Å². The standard InChI is InChI=1S/C22H24N2O2/c1-16(25)26-22-8-4-7-18-9-10-20(13-21(18)22)23-15-24-12-11-17-5-2-3-6-19(17)14-24/h2-3,5-6,9-10,13,15,22H,4,7-8,11-12,14H2,1H3/b23-15+. The van der Waals surface area contributed by atoms with Crippen molar-refractivity contribution in [2.24, 2.45) is 4.99 Å². The first-order chi connectivity index (χ1) is 12.7. The number of carbonyl (C=O) groups excluding carboxylic acids is 1. The third-order valence-electron chi connectivity index (χ3n) is 5.23. The number of ether oxygens (including phenoxy) is 1. The molecule has 0 radical (unpaired) electrons. The van der Waals surface area contributed by atoms with Crippen LogP contribution in [-0.2, 0) is 28.9 Å². The predicted octanol–water partition coefficient (Wildman–Crippen LogP) is 4.35. The summed E-state index contributed by atoms with van der Waals surface area (Å²) in [6, 6.07) is 14.9. The van der Waals surface area contributed by atoms with Crippen LogP contribution in [0.4, 0.5) is 5.69 Å². The normalized spacial score (nSPS) is 19.1. The Hall–Kier alpha value is -2.62. The Morgan fingerprint density at radius 3 is 2.85 bits per heavy atom. The number of esters is 1. The van der Waals surface area contributed by atoms with Crippen molar-refractivity contribution < 1.29 is 9.53 Å². The molecular formula is C22H24N2O2. The maximum absolute atomic E-state index is 11.4. The lowest BCUT2D eigenvalue weighted by Crippen LogP contribution is -2.29. The molecule has 2 aromatic rings. The van der Waals surface area contributed by atoms with Crippen LogP contribution in [-0.4, -0.2) is 23.8 Å². The molecule has 0 N–H and O–H groups in total. The highest BCUT2D eigenvalue weighted by atomic mass is 16.5. The molecule has 1 heterocycles. The van der Waals surface area contributed by atoms with Crippen LogP contribution >= 0.6 is 0 Å². The summed E-state index contributed by atoms with van der Waals surface area (Å²) in [7, 11) is 0. The summed E-state index contributed by atoms with van der Waals surface area (Å²) in [6.07, 6.45) is 5.86. The van der Waals surface area contributed by atoms with E-state index < -0.39 is 0 Å². The zero-order valence-corrected chi connectivity index (χ0v) is 15.1. The van der Waals surface area contributed by atoms with Gasteiger partial charge in [0.05, 0.1) is 12.0 Å². The number of rotatable bonds is 3. The zero-order valence-electron chi connectivity index (χ0n) is 15.1. The van der Waals surface area contributed by atoms with E-state index >= 15 is 0 Å². The molecule has 0 bridgehead atoms. The molecule has 1 aliphatic carbocycles. The molecule has 0 amide bonds. The van der Waals surface area contributed by atoms with Crippen LogP contribution in [0.3, 0.4) is 0 Å². The van der Waals surface area contributed by atoms with Gasteiger partial charge in [0.15, 0.2) is 0 Å². The van der Waals surface area contributed by atoms with Crippen molar-refractivity contribution in [2.75, 3.05) is 6.54 Å². The van der Waals surface area contributed by atoms with Crippen molar-refractivity contribution in [1.82, 2.24) is 4.90 Å². The molecular weight excluding hydrogens is 324 g/mol. The van der Waals surface area contributed by atoms with Gasteiger partial charge >= 0.3 is 5.97 Å². The second-order valence-corrected chi connectivity index (χ2v) is 7.11. The average molecular weight is 348 g/mol. The molecule has 1 unspecified atom stereocenters. The molecule has 4 nitrogen and oxygen atoms in total. The molecule has 0 fully saturated rings. The molecule has 2 aliphatic rings. The van der Waals surface area contributed by atoms with Crippen molar-refractivity contribution in [2.45, 2.75) is 45.3 Å². The van der Waals surface area contributed by atoms with E-state index in [1.807, 2.05) is 6.34 Å². The molecule has 0 saturated heterocycles. The van der Waals surface area contributed by atoms with E-state index in [0.29, 0.717) is 0 Å². The van der Waals surface area contributed by atoms with E-state index in [-0.39, 0.29) is 12.1 Å². The molecule has 2 aromatic carbocycles. The average Bonchev–Trinajstić information content (AvgIpc) is 2.66. The lowest BCUT2D eigenvalue weighted by molar-refractivity contribution is -0.147. The lowest BCUT2D eigenvalue weighted by Gasteiger charge is -2.27. The maximum Gasteiger partial charge on any atom is 0.303 e. The third-order valence-corrected chi connectivity index (χ3v) is 5.23. The first-order valence-corrected chi connectivity index (χ1v) is 9.34. The highest BCUT2D eigenvalue weighted by Crippen LogP contribution is 2.35. The van der Waals surface area contributed by atoms with Gasteiger partial charge in [-0.05, 0) is 60.1 Å². The van der Waals surface area contributed by atoms with Crippen LogP contribution in [0.5, 0.6) is 0 Å². The van der Waals surface area contributed by atoms with Crippen LogP contribution in [0.1, 0.15) is 48.1 Å².